The minimum absolute atomic E-state index is 0.0767. The van der Waals surface area contributed by atoms with Crippen molar-refractivity contribution in [3.63, 3.8) is 0 Å². The zero-order valence-corrected chi connectivity index (χ0v) is 9.94. The van der Waals surface area contributed by atoms with Crippen LogP contribution in [0.2, 0.25) is 0 Å². The quantitative estimate of drug-likeness (QED) is 0.757. The van der Waals surface area contributed by atoms with Crippen molar-refractivity contribution in [2.45, 2.75) is 31.7 Å². The predicted octanol–water partition coefficient (Wildman–Crippen LogP) is 0.998. The van der Waals surface area contributed by atoms with Gasteiger partial charge in [0.2, 0.25) is 5.91 Å². The minimum Gasteiger partial charge on any atom is -0.354 e. The van der Waals surface area contributed by atoms with Gasteiger partial charge >= 0.3 is 0 Å². The highest BCUT2D eigenvalue weighted by atomic mass is 32.2. The molecule has 0 bridgehead atoms. The van der Waals surface area contributed by atoms with E-state index in [0.29, 0.717) is 5.92 Å². The summed E-state index contributed by atoms with van der Waals surface area (Å²) in [5, 5.41) is 6.36. The van der Waals surface area contributed by atoms with Gasteiger partial charge in [-0.15, -0.1) is 0 Å². The monoisotopic (exact) mass is 228 g/mol. The topological polar surface area (TPSA) is 41.1 Å². The van der Waals surface area contributed by atoms with Crippen molar-refractivity contribution in [3.8, 4) is 0 Å². The van der Waals surface area contributed by atoms with Crippen LogP contribution in [0.25, 0.3) is 0 Å². The fraction of sp³-hybridized carbons (Fsp3) is 0.909. The molecule has 0 aromatic heterocycles. The molecule has 2 atom stereocenters. The Labute approximate surface area is 95.8 Å². The van der Waals surface area contributed by atoms with Crippen molar-refractivity contribution in [1.29, 1.82) is 0 Å². The molecule has 0 saturated carbocycles. The largest absolute Gasteiger partial charge is 0.354 e. The fourth-order valence-electron chi connectivity index (χ4n) is 2.19. The fourth-order valence-corrected chi connectivity index (χ4v) is 3.47. The third-order valence-electron chi connectivity index (χ3n) is 3.22. The number of carbonyl (C=O) groups is 1. The zero-order valence-electron chi connectivity index (χ0n) is 9.13. The Balaban J connectivity index is 1.66. The highest BCUT2D eigenvalue weighted by Gasteiger charge is 2.22. The Kier molecular flexibility index (Phi) is 4.32. The molecule has 3 nitrogen and oxygen atoms in total. The van der Waals surface area contributed by atoms with Crippen LogP contribution in [0.15, 0.2) is 0 Å². The minimum atomic E-state index is 0.0767. The van der Waals surface area contributed by atoms with Crippen LogP contribution in [0.4, 0.5) is 0 Å². The average molecular weight is 228 g/mol. The lowest BCUT2D eigenvalue weighted by molar-refractivity contribution is -0.123. The predicted molar refractivity (Wildman–Crippen MR) is 64.1 cm³/mol. The second kappa shape index (κ2) is 5.75. The van der Waals surface area contributed by atoms with Gasteiger partial charge in [0.1, 0.15) is 0 Å². The van der Waals surface area contributed by atoms with Crippen molar-refractivity contribution in [2.24, 2.45) is 5.92 Å². The Bertz CT molecular complexity index is 211. The molecule has 2 rings (SSSR count). The molecule has 2 N–H and O–H groups in total. The van der Waals surface area contributed by atoms with Gasteiger partial charge in [0.15, 0.2) is 0 Å². The molecule has 0 spiro atoms. The van der Waals surface area contributed by atoms with Crippen LogP contribution in [0.3, 0.4) is 0 Å². The first-order chi connectivity index (χ1) is 7.36. The molecule has 86 valence electrons. The zero-order chi connectivity index (χ0) is 10.5. The summed E-state index contributed by atoms with van der Waals surface area (Å²) in [6.07, 6.45) is 4.67. The summed E-state index contributed by atoms with van der Waals surface area (Å²) in [6, 6.07) is 0.0767. The molecule has 2 saturated heterocycles. The number of hydrogen-bond acceptors (Lipinski definition) is 3. The van der Waals surface area contributed by atoms with Crippen LogP contribution in [0.5, 0.6) is 0 Å². The molecule has 1 unspecified atom stereocenters. The van der Waals surface area contributed by atoms with E-state index in [2.05, 4.69) is 10.6 Å². The van der Waals surface area contributed by atoms with Crippen LogP contribution in [0.1, 0.15) is 25.7 Å². The number of piperidine rings is 1. The second-order valence-electron chi connectivity index (χ2n) is 4.48. The number of thioether (sulfide) groups is 1. The van der Waals surface area contributed by atoms with Gasteiger partial charge in [-0.1, -0.05) is 6.42 Å². The Hall–Kier alpha value is -0.220. The number of rotatable bonds is 3. The summed E-state index contributed by atoms with van der Waals surface area (Å²) in [5.41, 5.74) is 0. The Morgan fingerprint density at radius 3 is 3.00 bits per heavy atom. The standard InChI is InChI=1S/C11H20N2OS/c14-11(10-3-1-2-5-12-10)13-7-9-4-6-15-8-9/h9-10,12H,1-8H2,(H,13,14)/t9?,10-/m0/s1. The molecule has 2 fully saturated rings. The molecule has 0 aliphatic carbocycles. The van der Waals surface area contributed by atoms with Gasteiger partial charge < -0.3 is 10.6 Å². The van der Waals surface area contributed by atoms with E-state index in [1.54, 1.807) is 0 Å². The van der Waals surface area contributed by atoms with Crippen LogP contribution >= 0.6 is 11.8 Å². The van der Waals surface area contributed by atoms with E-state index < -0.39 is 0 Å². The van der Waals surface area contributed by atoms with Gasteiger partial charge in [0.05, 0.1) is 6.04 Å². The van der Waals surface area contributed by atoms with Crippen LogP contribution in [-0.2, 0) is 4.79 Å². The van der Waals surface area contributed by atoms with E-state index in [1.807, 2.05) is 11.8 Å². The van der Waals surface area contributed by atoms with Crippen LogP contribution in [-0.4, -0.2) is 36.5 Å². The molecule has 15 heavy (non-hydrogen) atoms. The molecular formula is C11H20N2OS. The smallest absolute Gasteiger partial charge is 0.237 e. The van der Waals surface area contributed by atoms with E-state index in [-0.39, 0.29) is 11.9 Å². The van der Waals surface area contributed by atoms with Crippen LogP contribution in [0, 0.1) is 5.92 Å². The Morgan fingerprint density at radius 2 is 2.33 bits per heavy atom. The lowest BCUT2D eigenvalue weighted by Gasteiger charge is -2.23. The summed E-state index contributed by atoms with van der Waals surface area (Å²) >= 11 is 2.00. The number of nitrogens with one attached hydrogen (secondary N) is 2. The van der Waals surface area contributed by atoms with E-state index in [4.69, 9.17) is 0 Å². The molecule has 0 aromatic rings. The summed E-state index contributed by atoms with van der Waals surface area (Å²) in [6.45, 7) is 1.88. The maximum atomic E-state index is 11.8. The van der Waals surface area contributed by atoms with Crippen molar-refractivity contribution in [3.05, 3.63) is 0 Å². The first-order valence-electron chi connectivity index (χ1n) is 5.95. The number of hydrogen-bond donors (Lipinski definition) is 2. The molecule has 2 aliphatic rings. The first-order valence-corrected chi connectivity index (χ1v) is 7.10. The van der Waals surface area contributed by atoms with E-state index >= 15 is 0 Å². The van der Waals surface area contributed by atoms with Crippen LogP contribution < -0.4 is 10.6 Å². The van der Waals surface area contributed by atoms with Crippen molar-refractivity contribution < 1.29 is 4.79 Å². The van der Waals surface area contributed by atoms with Gasteiger partial charge in [-0.05, 0) is 43.2 Å². The lowest BCUT2D eigenvalue weighted by atomic mass is 10.0. The number of carbonyl (C=O) groups excluding carboxylic acids is 1. The van der Waals surface area contributed by atoms with Crippen molar-refractivity contribution in [2.75, 3.05) is 24.6 Å². The molecule has 2 aliphatic heterocycles. The molecule has 4 heteroatoms. The lowest BCUT2D eigenvalue weighted by Crippen LogP contribution is -2.47. The number of amides is 1. The molecular weight excluding hydrogens is 208 g/mol. The third kappa shape index (κ3) is 3.38. The van der Waals surface area contributed by atoms with Gasteiger partial charge in [-0.25, -0.2) is 0 Å². The van der Waals surface area contributed by atoms with E-state index in [9.17, 15) is 4.79 Å². The SMILES string of the molecule is O=C(NCC1CCSC1)[C@@H]1CCCCN1. The van der Waals surface area contributed by atoms with E-state index in [1.165, 1.54) is 30.8 Å². The van der Waals surface area contributed by atoms with Gasteiger partial charge in [-0.2, -0.15) is 11.8 Å². The summed E-state index contributed by atoms with van der Waals surface area (Å²) < 4.78 is 0. The summed E-state index contributed by atoms with van der Waals surface area (Å²) in [7, 11) is 0. The average Bonchev–Trinajstić information content (AvgIpc) is 2.80. The molecule has 1 amide bonds. The highest BCUT2D eigenvalue weighted by molar-refractivity contribution is 7.99. The summed E-state index contributed by atoms with van der Waals surface area (Å²) in [5.74, 6) is 3.41. The highest BCUT2D eigenvalue weighted by Crippen LogP contribution is 2.22. The van der Waals surface area contributed by atoms with Gasteiger partial charge in [0.25, 0.3) is 0 Å². The second-order valence-corrected chi connectivity index (χ2v) is 5.63. The van der Waals surface area contributed by atoms with E-state index in [0.717, 1.165) is 19.5 Å². The van der Waals surface area contributed by atoms with Crippen molar-refractivity contribution in [1.82, 2.24) is 10.6 Å². The third-order valence-corrected chi connectivity index (χ3v) is 4.45. The molecule has 0 radical (unpaired) electrons. The van der Waals surface area contributed by atoms with Crippen molar-refractivity contribution >= 4 is 17.7 Å². The first kappa shape index (κ1) is 11.3. The normalized spacial score (nSPS) is 31.5. The Morgan fingerprint density at radius 1 is 1.40 bits per heavy atom. The maximum absolute atomic E-state index is 11.8. The molecule has 2 heterocycles. The van der Waals surface area contributed by atoms with Gasteiger partial charge in [-0.3, -0.25) is 4.79 Å². The van der Waals surface area contributed by atoms with Gasteiger partial charge in [0, 0.05) is 6.54 Å². The maximum Gasteiger partial charge on any atom is 0.237 e. The summed E-state index contributed by atoms with van der Waals surface area (Å²) in [4.78, 5) is 11.8. The molecule has 0 aromatic carbocycles.